The molecule has 3 heteroatoms. The van der Waals surface area contributed by atoms with Gasteiger partial charge in [0.25, 0.3) is 0 Å². The zero-order valence-corrected chi connectivity index (χ0v) is 19.6. The van der Waals surface area contributed by atoms with Gasteiger partial charge in [-0.25, -0.2) is 0 Å². The van der Waals surface area contributed by atoms with Crippen LogP contribution in [0.25, 0.3) is 0 Å². The van der Waals surface area contributed by atoms with E-state index in [1.165, 1.54) is 16.8 Å². The number of rotatable bonds is 4. The van der Waals surface area contributed by atoms with E-state index >= 15 is 0 Å². The Balaban J connectivity index is 1.88. The Morgan fingerprint density at radius 1 is 0.935 bits per heavy atom. The van der Waals surface area contributed by atoms with Crippen LogP contribution in [0.4, 0.5) is 5.69 Å². The van der Waals surface area contributed by atoms with Gasteiger partial charge in [-0.2, -0.15) is 0 Å². The molecule has 1 aliphatic carbocycles. The highest BCUT2D eigenvalue weighted by atomic mass is 16.3. The molecule has 2 unspecified atom stereocenters. The Hall–Kier alpha value is -2.36. The number of benzene rings is 2. The van der Waals surface area contributed by atoms with Crippen LogP contribution in [-0.2, 0) is 17.6 Å². The largest absolute Gasteiger partial charge is 0.386 e. The van der Waals surface area contributed by atoms with E-state index in [2.05, 4.69) is 79.4 Å². The Morgan fingerprint density at radius 3 is 2.23 bits per heavy atom. The molecule has 0 saturated heterocycles. The van der Waals surface area contributed by atoms with Crippen LogP contribution in [0.15, 0.2) is 72.3 Å². The first kappa shape index (κ1) is 21.9. The maximum atomic E-state index is 10.7. The van der Waals surface area contributed by atoms with Gasteiger partial charge in [-0.1, -0.05) is 74.5 Å². The number of fused-ring (bicyclic) bond motifs is 2. The zero-order chi connectivity index (χ0) is 22.6. The van der Waals surface area contributed by atoms with Crippen molar-refractivity contribution >= 4 is 5.69 Å². The average molecular weight is 418 g/mol. The lowest BCUT2D eigenvalue weighted by Gasteiger charge is -2.52. The van der Waals surface area contributed by atoms with Crippen molar-refractivity contribution in [1.29, 1.82) is 0 Å². The van der Waals surface area contributed by atoms with Crippen LogP contribution in [-0.4, -0.2) is 21.9 Å². The second kappa shape index (κ2) is 7.36. The first-order valence-corrected chi connectivity index (χ1v) is 11.2. The van der Waals surface area contributed by atoms with Crippen LogP contribution in [0.2, 0.25) is 0 Å². The van der Waals surface area contributed by atoms with E-state index in [0.29, 0.717) is 0 Å². The van der Waals surface area contributed by atoms with Crippen molar-refractivity contribution in [3.05, 3.63) is 89.0 Å². The minimum atomic E-state index is -0.896. The number of hydrogen-bond acceptors (Lipinski definition) is 3. The van der Waals surface area contributed by atoms with Gasteiger partial charge >= 0.3 is 0 Å². The van der Waals surface area contributed by atoms with Gasteiger partial charge in [0.05, 0.1) is 17.2 Å². The molecule has 0 aromatic heterocycles. The van der Waals surface area contributed by atoms with Gasteiger partial charge in [0, 0.05) is 23.6 Å². The van der Waals surface area contributed by atoms with Crippen molar-refractivity contribution in [3.63, 3.8) is 0 Å². The van der Waals surface area contributed by atoms with Crippen LogP contribution in [0, 0.1) is 5.92 Å². The summed E-state index contributed by atoms with van der Waals surface area (Å²) in [6.45, 7) is 12.8. The van der Waals surface area contributed by atoms with Gasteiger partial charge in [-0.3, -0.25) is 0 Å². The van der Waals surface area contributed by atoms with E-state index in [1.807, 2.05) is 33.8 Å². The number of aliphatic hydroxyl groups is 2. The summed E-state index contributed by atoms with van der Waals surface area (Å²) in [6, 6.07) is 17.2. The van der Waals surface area contributed by atoms with Crippen molar-refractivity contribution in [2.24, 2.45) is 5.92 Å². The topological polar surface area (TPSA) is 43.7 Å². The summed E-state index contributed by atoms with van der Waals surface area (Å²) in [4.78, 5) is 2.48. The Morgan fingerprint density at radius 2 is 1.61 bits per heavy atom. The first-order valence-electron chi connectivity index (χ1n) is 11.2. The summed E-state index contributed by atoms with van der Waals surface area (Å²) in [5.41, 5.74) is 3.68. The third kappa shape index (κ3) is 3.97. The van der Waals surface area contributed by atoms with Gasteiger partial charge < -0.3 is 15.1 Å². The average Bonchev–Trinajstić information content (AvgIpc) is 2.70. The molecular weight excluding hydrogens is 382 g/mol. The van der Waals surface area contributed by atoms with E-state index in [-0.39, 0.29) is 17.4 Å². The molecule has 4 rings (SSSR count). The molecule has 2 aromatic carbocycles. The van der Waals surface area contributed by atoms with E-state index < -0.39 is 11.2 Å². The molecule has 0 fully saturated rings. The summed E-state index contributed by atoms with van der Waals surface area (Å²) < 4.78 is 0. The van der Waals surface area contributed by atoms with Gasteiger partial charge in [-0.15, -0.1) is 0 Å². The van der Waals surface area contributed by atoms with Crippen LogP contribution in [0.3, 0.4) is 0 Å². The minimum Gasteiger partial charge on any atom is -0.386 e. The second-order valence-electron chi connectivity index (χ2n) is 10.7. The van der Waals surface area contributed by atoms with Crippen LogP contribution in [0.1, 0.15) is 58.2 Å². The fourth-order valence-electron chi connectivity index (χ4n) is 5.00. The van der Waals surface area contributed by atoms with E-state index in [4.69, 9.17) is 0 Å². The molecule has 1 aliphatic heterocycles. The number of hydrogen-bond donors (Lipinski definition) is 2. The highest BCUT2D eigenvalue weighted by molar-refractivity contribution is 5.64. The fourth-order valence-corrected chi connectivity index (χ4v) is 5.00. The standard InChI is InChI=1S/C28H35NO2/c1-26(2)22-16-20(27(3,4)30)12-14-24(22)29(18-19-10-8-7-9-11-19)25-15-13-21(17-23(25)26)28(5,6)31/h7-17,22,24,30-31H,18H2,1-6H3. The predicted molar refractivity (Wildman–Crippen MR) is 128 cm³/mol. The maximum absolute atomic E-state index is 10.7. The van der Waals surface area contributed by atoms with E-state index in [1.54, 1.807) is 0 Å². The molecule has 0 radical (unpaired) electrons. The molecule has 1 heterocycles. The van der Waals surface area contributed by atoms with Crippen molar-refractivity contribution in [2.45, 2.75) is 70.7 Å². The third-order valence-corrected chi connectivity index (χ3v) is 7.00. The smallest absolute Gasteiger partial charge is 0.0840 e. The molecule has 2 N–H and O–H groups in total. The number of nitrogens with zero attached hydrogens (tertiary/aromatic N) is 1. The third-order valence-electron chi connectivity index (χ3n) is 7.00. The van der Waals surface area contributed by atoms with Gasteiger partial charge in [-0.05, 0) is 56.0 Å². The lowest BCUT2D eigenvalue weighted by atomic mass is 9.63. The molecule has 0 bridgehead atoms. The molecule has 0 spiro atoms. The molecule has 164 valence electrons. The molecule has 0 amide bonds. The molecular formula is C28H35NO2. The zero-order valence-electron chi connectivity index (χ0n) is 19.6. The van der Waals surface area contributed by atoms with Crippen LogP contribution >= 0.6 is 0 Å². The fraction of sp³-hybridized carbons (Fsp3) is 0.429. The summed E-state index contributed by atoms with van der Waals surface area (Å²) in [6.07, 6.45) is 6.61. The van der Waals surface area contributed by atoms with Gasteiger partial charge in [0.15, 0.2) is 0 Å². The minimum absolute atomic E-state index is 0.157. The van der Waals surface area contributed by atoms with Crippen molar-refractivity contribution in [2.75, 3.05) is 4.90 Å². The Kier molecular flexibility index (Phi) is 5.19. The Bertz CT molecular complexity index is 1020. The maximum Gasteiger partial charge on any atom is 0.0840 e. The van der Waals surface area contributed by atoms with Crippen molar-refractivity contribution < 1.29 is 10.2 Å². The van der Waals surface area contributed by atoms with Crippen molar-refractivity contribution in [1.82, 2.24) is 0 Å². The van der Waals surface area contributed by atoms with E-state index in [9.17, 15) is 10.2 Å². The predicted octanol–water partition coefficient (Wildman–Crippen LogP) is 5.46. The molecule has 31 heavy (non-hydrogen) atoms. The van der Waals surface area contributed by atoms with Crippen LogP contribution in [0.5, 0.6) is 0 Å². The summed E-state index contributed by atoms with van der Waals surface area (Å²) in [7, 11) is 0. The highest BCUT2D eigenvalue weighted by Crippen LogP contribution is 2.50. The summed E-state index contributed by atoms with van der Waals surface area (Å²) in [5.74, 6) is 0.201. The quantitative estimate of drug-likeness (QED) is 0.694. The molecule has 0 saturated carbocycles. The van der Waals surface area contributed by atoms with Crippen molar-refractivity contribution in [3.8, 4) is 0 Å². The van der Waals surface area contributed by atoms with Gasteiger partial charge in [0.2, 0.25) is 0 Å². The lowest BCUT2D eigenvalue weighted by molar-refractivity contribution is 0.0783. The SMILES string of the molecule is CC(C)(O)C1=CC2C(C=C1)N(Cc1ccccc1)c1ccc(C(C)(C)O)cc1C2(C)C. The first-order chi connectivity index (χ1) is 14.4. The lowest BCUT2D eigenvalue weighted by Crippen LogP contribution is -2.52. The molecule has 2 atom stereocenters. The summed E-state index contributed by atoms with van der Waals surface area (Å²) in [5, 5.41) is 21.4. The second-order valence-corrected chi connectivity index (χ2v) is 10.7. The molecule has 2 aliphatic rings. The Labute approximate surface area is 186 Å². The molecule has 3 nitrogen and oxygen atoms in total. The normalized spacial score (nSPS) is 22.6. The molecule has 2 aromatic rings. The van der Waals surface area contributed by atoms with Gasteiger partial charge in [0.1, 0.15) is 0 Å². The monoisotopic (exact) mass is 417 g/mol. The highest BCUT2D eigenvalue weighted by Gasteiger charge is 2.46. The number of anilines is 1. The van der Waals surface area contributed by atoms with Crippen LogP contribution < -0.4 is 4.90 Å². The summed E-state index contributed by atoms with van der Waals surface area (Å²) >= 11 is 0. The van der Waals surface area contributed by atoms with E-state index in [0.717, 1.165) is 17.7 Å².